The van der Waals surface area contributed by atoms with E-state index in [4.69, 9.17) is 25.8 Å². The minimum absolute atomic E-state index is 0.0479. The zero-order chi connectivity index (χ0) is 32.5. The minimum Gasteiger partial charge on any atom is -0.507 e. The fourth-order valence-corrected chi connectivity index (χ4v) is 6.43. The Labute approximate surface area is 252 Å². The summed E-state index contributed by atoms with van der Waals surface area (Å²) >= 11 is 6.32. The molecule has 1 fully saturated rings. The summed E-state index contributed by atoms with van der Waals surface area (Å²) in [6.07, 6.45) is -10.3. The molecule has 0 unspecified atom stereocenters. The van der Waals surface area contributed by atoms with Crippen LogP contribution in [0.1, 0.15) is 75.8 Å². The molecule has 11 nitrogen and oxygen atoms in total. The van der Waals surface area contributed by atoms with Crippen LogP contribution >= 0.6 is 11.6 Å². The van der Waals surface area contributed by atoms with E-state index in [1.54, 1.807) is 5.32 Å². The van der Waals surface area contributed by atoms with Gasteiger partial charge in [-0.2, -0.15) is 13.2 Å². The molecule has 1 amide bonds. The predicted molar refractivity (Wildman–Crippen MR) is 144 cm³/mol. The molecular formula is C29H27ClF3NO10. The molecule has 2 aliphatic carbocycles. The molecule has 0 bridgehead atoms. The van der Waals surface area contributed by atoms with Crippen LogP contribution in [0.15, 0.2) is 18.2 Å². The van der Waals surface area contributed by atoms with Crippen molar-refractivity contribution < 1.29 is 61.9 Å². The number of amides is 1. The molecule has 1 aliphatic heterocycles. The number of methoxy groups -OCH3 is 1. The van der Waals surface area contributed by atoms with E-state index in [-0.39, 0.29) is 34.4 Å². The van der Waals surface area contributed by atoms with E-state index < -0.39 is 100 Å². The van der Waals surface area contributed by atoms with Crippen LogP contribution < -0.4 is 10.1 Å². The molecule has 0 radical (unpaired) electrons. The molecule has 44 heavy (non-hydrogen) atoms. The smallest absolute Gasteiger partial charge is 0.471 e. The number of benzene rings is 2. The summed E-state index contributed by atoms with van der Waals surface area (Å²) in [5, 5.41) is 34.8. The van der Waals surface area contributed by atoms with Gasteiger partial charge >= 0.3 is 12.1 Å². The molecule has 1 heterocycles. The van der Waals surface area contributed by atoms with Gasteiger partial charge in [-0.25, -0.2) is 0 Å². The SMILES string of the molecule is COc1cccc2c1C(=O)c1c(O)c3c(c(O)c1C2=O)C[C@@](O)(C(C)=O)C[C@@H]3O[C@H]1C[C@H](Cl)[C@H](NC(=O)C(F)(F)F)[C@H](C)O1. The van der Waals surface area contributed by atoms with Gasteiger partial charge in [0.1, 0.15) is 22.8 Å². The highest BCUT2D eigenvalue weighted by molar-refractivity contribution is 6.31. The number of fused-ring (bicyclic) bond motifs is 3. The normalized spacial score (nSPS) is 28.0. The van der Waals surface area contributed by atoms with Gasteiger partial charge in [0.25, 0.3) is 0 Å². The summed E-state index contributed by atoms with van der Waals surface area (Å²) in [5.74, 6) is -6.00. The molecule has 4 N–H and O–H groups in total. The summed E-state index contributed by atoms with van der Waals surface area (Å²) < 4.78 is 55.4. The van der Waals surface area contributed by atoms with Gasteiger partial charge in [0.2, 0.25) is 5.78 Å². The maximum absolute atomic E-state index is 13.7. The molecule has 236 valence electrons. The van der Waals surface area contributed by atoms with Crippen LogP contribution in [-0.4, -0.2) is 81.3 Å². The topological polar surface area (TPSA) is 169 Å². The lowest BCUT2D eigenvalue weighted by Gasteiger charge is -2.42. The number of phenols is 2. The number of halogens is 4. The van der Waals surface area contributed by atoms with Crippen LogP contribution in [-0.2, 0) is 25.5 Å². The van der Waals surface area contributed by atoms with Crippen LogP contribution in [0.5, 0.6) is 17.2 Å². The Bertz CT molecular complexity index is 1580. The summed E-state index contributed by atoms with van der Waals surface area (Å²) in [4.78, 5) is 51.3. The first-order chi connectivity index (χ1) is 20.5. The van der Waals surface area contributed by atoms with Crippen LogP contribution in [0.25, 0.3) is 0 Å². The summed E-state index contributed by atoms with van der Waals surface area (Å²) in [6.45, 7) is 2.44. The number of ketones is 3. The Balaban J connectivity index is 1.56. The average Bonchev–Trinajstić information content (AvgIpc) is 2.94. The Morgan fingerprint density at radius 3 is 2.36 bits per heavy atom. The van der Waals surface area contributed by atoms with E-state index in [0.29, 0.717) is 0 Å². The molecule has 0 spiro atoms. The standard InChI is InChI=1S/C29H27ClF3NO10/c1-10-22(34-27(40)29(31,32)33)14(30)7-17(43-10)44-16-9-28(41,11(2)35)8-13-19(16)26(39)21-20(24(13)37)23(36)12-5-4-6-15(42-3)18(12)25(21)38/h4-6,10,14,16-17,22,37,39,41H,7-9H2,1-3H3,(H,34,40)/t10-,14-,16-,17-,22+,28-/m0/s1. The van der Waals surface area contributed by atoms with Crippen LogP contribution in [0.3, 0.4) is 0 Å². The zero-order valence-corrected chi connectivity index (χ0v) is 24.2. The van der Waals surface area contributed by atoms with Crippen molar-refractivity contribution in [2.75, 3.05) is 7.11 Å². The third-order valence-corrected chi connectivity index (χ3v) is 8.73. The average molecular weight is 642 g/mol. The first-order valence-corrected chi connectivity index (χ1v) is 13.9. The number of nitrogens with one attached hydrogen (secondary N) is 1. The van der Waals surface area contributed by atoms with Crippen LogP contribution in [0, 0.1) is 0 Å². The van der Waals surface area contributed by atoms with E-state index in [2.05, 4.69) is 0 Å². The molecule has 5 rings (SSSR count). The molecule has 2 aromatic carbocycles. The summed E-state index contributed by atoms with van der Waals surface area (Å²) in [6, 6.07) is 3.00. The van der Waals surface area contributed by atoms with E-state index in [0.717, 1.165) is 6.92 Å². The lowest BCUT2D eigenvalue weighted by atomic mass is 9.72. The second-order valence-electron chi connectivity index (χ2n) is 11.0. The van der Waals surface area contributed by atoms with Crippen LogP contribution in [0.4, 0.5) is 13.2 Å². The summed E-state index contributed by atoms with van der Waals surface area (Å²) in [7, 11) is 1.29. The van der Waals surface area contributed by atoms with E-state index >= 15 is 0 Å². The fraction of sp³-hybridized carbons (Fsp3) is 0.448. The maximum Gasteiger partial charge on any atom is 0.471 e. The van der Waals surface area contributed by atoms with Crippen molar-refractivity contribution in [1.82, 2.24) is 5.32 Å². The number of ether oxygens (including phenoxy) is 3. The molecule has 15 heteroatoms. The molecule has 0 aromatic heterocycles. The number of alkyl halides is 4. The Hall–Kier alpha value is -3.72. The van der Waals surface area contributed by atoms with Crippen molar-refractivity contribution >= 4 is 34.9 Å². The Morgan fingerprint density at radius 2 is 1.77 bits per heavy atom. The first-order valence-electron chi connectivity index (χ1n) is 13.4. The van der Waals surface area contributed by atoms with Gasteiger partial charge < -0.3 is 34.8 Å². The van der Waals surface area contributed by atoms with Gasteiger partial charge in [-0.15, -0.1) is 11.6 Å². The van der Waals surface area contributed by atoms with Crippen molar-refractivity contribution in [1.29, 1.82) is 0 Å². The molecule has 0 saturated carbocycles. The number of phenolic OH excluding ortho intramolecular Hbond substituents is 2. The monoisotopic (exact) mass is 641 g/mol. The highest BCUT2D eigenvalue weighted by Crippen LogP contribution is 2.52. The van der Waals surface area contributed by atoms with Crippen molar-refractivity contribution in [2.45, 2.75) is 74.8 Å². The first kappa shape index (κ1) is 31.7. The van der Waals surface area contributed by atoms with E-state index in [1.807, 2.05) is 0 Å². The second kappa shape index (κ2) is 11.0. The van der Waals surface area contributed by atoms with Crippen molar-refractivity contribution in [3.8, 4) is 17.2 Å². The van der Waals surface area contributed by atoms with Gasteiger partial charge in [0, 0.05) is 36.0 Å². The number of aromatic hydroxyl groups is 2. The fourth-order valence-electron chi connectivity index (χ4n) is 6.02. The third kappa shape index (κ3) is 5.09. The van der Waals surface area contributed by atoms with E-state index in [9.17, 15) is 47.7 Å². The number of Topliss-reactive ketones (excluding diaryl/α,β-unsaturated/α-hetero) is 1. The highest BCUT2D eigenvalue weighted by atomic mass is 35.5. The minimum atomic E-state index is -5.16. The zero-order valence-electron chi connectivity index (χ0n) is 23.5. The molecule has 3 aliphatic rings. The predicted octanol–water partition coefficient (Wildman–Crippen LogP) is 3.00. The highest BCUT2D eigenvalue weighted by Gasteiger charge is 2.50. The largest absolute Gasteiger partial charge is 0.507 e. The molecule has 2 aromatic rings. The van der Waals surface area contributed by atoms with E-state index in [1.165, 1.54) is 32.2 Å². The lowest BCUT2D eigenvalue weighted by Crippen LogP contribution is -2.57. The summed E-state index contributed by atoms with van der Waals surface area (Å²) in [5.41, 5.74) is -3.85. The Morgan fingerprint density at radius 1 is 1.11 bits per heavy atom. The quantitative estimate of drug-likeness (QED) is 0.240. The van der Waals surface area contributed by atoms with Crippen molar-refractivity contribution in [3.63, 3.8) is 0 Å². The second-order valence-corrected chi connectivity index (χ2v) is 11.6. The van der Waals surface area contributed by atoms with Gasteiger partial charge in [-0.3, -0.25) is 19.2 Å². The number of rotatable bonds is 5. The number of carbonyl (C=O) groups is 4. The number of carbonyl (C=O) groups excluding carboxylic acids is 4. The maximum atomic E-state index is 13.7. The van der Waals surface area contributed by atoms with Crippen molar-refractivity contribution in [3.05, 3.63) is 51.6 Å². The van der Waals surface area contributed by atoms with Crippen molar-refractivity contribution in [2.24, 2.45) is 0 Å². The van der Waals surface area contributed by atoms with Gasteiger partial charge in [-0.1, -0.05) is 12.1 Å². The third-order valence-electron chi connectivity index (χ3n) is 8.28. The van der Waals surface area contributed by atoms with Gasteiger partial charge in [-0.05, 0) is 19.9 Å². The molecule has 1 saturated heterocycles. The number of hydrogen-bond donors (Lipinski definition) is 4. The van der Waals surface area contributed by atoms with Gasteiger partial charge in [0.05, 0.1) is 47.4 Å². The van der Waals surface area contributed by atoms with Gasteiger partial charge in [0.15, 0.2) is 17.9 Å². The molecule has 6 atom stereocenters. The number of aliphatic hydroxyl groups is 1. The lowest BCUT2D eigenvalue weighted by molar-refractivity contribution is -0.228. The number of hydrogen-bond acceptors (Lipinski definition) is 10. The molecular weight excluding hydrogens is 615 g/mol. The van der Waals surface area contributed by atoms with Crippen LogP contribution in [0.2, 0.25) is 0 Å². The Kier molecular flexibility index (Phi) is 7.94.